The minimum Gasteiger partial charge on any atom is -0.357 e. The van der Waals surface area contributed by atoms with Crippen LogP contribution in [0.5, 0.6) is 0 Å². The van der Waals surface area contributed by atoms with Gasteiger partial charge < -0.3 is 10.6 Å². The van der Waals surface area contributed by atoms with Crippen LogP contribution in [0.15, 0.2) is 4.99 Å². The molecule has 0 amide bonds. The molecule has 0 heterocycles. The van der Waals surface area contributed by atoms with Gasteiger partial charge >= 0.3 is 0 Å². The van der Waals surface area contributed by atoms with Crippen molar-refractivity contribution in [1.29, 1.82) is 0 Å². The van der Waals surface area contributed by atoms with Crippen LogP contribution in [0, 0.1) is 0 Å². The maximum absolute atomic E-state index is 10.9. The van der Waals surface area contributed by atoms with E-state index in [-0.39, 0.29) is 36.3 Å². The number of guanidine groups is 1. The molecule has 0 spiro atoms. The molecule has 0 aliphatic heterocycles. The number of hydrogen-bond donors (Lipinski definition) is 3. The van der Waals surface area contributed by atoms with Crippen LogP contribution in [0.1, 0.15) is 26.2 Å². The summed E-state index contributed by atoms with van der Waals surface area (Å²) in [4.78, 5) is 4.24. The maximum Gasteiger partial charge on any atom is 0.210 e. The van der Waals surface area contributed by atoms with Gasteiger partial charge in [-0.05, 0) is 32.4 Å². The standard InChI is InChI=1S/C11H24N4O2S2.HI/c1-3-13-11(14-6-7-19(12,16)17)15-9-4-5-10(8-9)18-2;/h9-10H,3-8H2,1-2H3,(H2,12,16,17)(H2,13,14,15);1H. The van der Waals surface area contributed by atoms with Crippen molar-refractivity contribution < 1.29 is 8.42 Å². The smallest absolute Gasteiger partial charge is 0.210 e. The lowest BCUT2D eigenvalue weighted by Gasteiger charge is -2.17. The van der Waals surface area contributed by atoms with Crippen molar-refractivity contribution >= 4 is 51.7 Å². The van der Waals surface area contributed by atoms with Crippen LogP contribution in [-0.4, -0.2) is 50.8 Å². The van der Waals surface area contributed by atoms with Crippen molar-refractivity contribution in [2.75, 3.05) is 25.1 Å². The fourth-order valence-corrected chi connectivity index (χ4v) is 3.23. The number of aliphatic imine (C=N–C) groups is 1. The van der Waals surface area contributed by atoms with Gasteiger partial charge in [0.2, 0.25) is 10.0 Å². The average molecular weight is 436 g/mol. The zero-order valence-electron chi connectivity index (χ0n) is 12.0. The highest BCUT2D eigenvalue weighted by molar-refractivity contribution is 14.0. The maximum atomic E-state index is 10.9. The second kappa shape index (κ2) is 10.1. The lowest BCUT2D eigenvalue weighted by Crippen LogP contribution is -2.42. The molecule has 1 fully saturated rings. The number of hydrogen-bond acceptors (Lipinski definition) is 4. The largest absolute Gasteiger partial charge is 0.357 e. The van der Waals surface area contributed by atoms with Crippen LogP contribution in [0.2, 0.25) is 0 Å². The average Bonchev–Trinajstić information content (AvgIpc) is 2.75. The summed E-state index contributed by atoms with van der Waals surface area (Å²) >= 11 is 1.90. The van der Waals surface area contributed by atoms with Crippen LogP contribution >= 0.6 is 35.7 Å². The monoisotopic (exact) mass is 436 g/mol. The second-order valence-electron chi connectivity index (χ2n) is 4.64. The van der Waals surface area contributed by atoms with E-state index in [0.717, 1.165) is 19.4 Å². The minimum absolute atomic E-state index is 0. The van der Waals surface area contributed by atoms with Gasteiger partial charge in [-0.2, -0.15) is 11.8 Å². The Morgan fingerprint density at radius 1 is 1.45 bits per heavy atom. The van der Waals surface area contributed by atoms with E-state index >= 15 is 0 Å². The number of primary sulfonamides is 1. The quantitative estimate of drug-likeness (QED) is 0.324. The number of nitrogens with two attached hydrogens (primary N) is 1. The zero-order valence-corrected chi connectivity index (χ0v) is 15.9. The van der Waals surface area contributed by atoms with Gasteiger partial charge in [0, 0.05) is 17.8 Å². The summed E-state index contributed by atoms with van der Waals surface area (Å²) in [7, 11) is -3.44. The summed E-state index contributed by atoms with van der Waals surface area (Å²) < 4.78 is 21.7. The molecule has 6 nitrogen and oxygen atoms in total. The normalized spacial score (nSPS) is 23.2. The third kappa shape index (κ3) is 8.53. The van der Waals surface area contributed by atoms with Gasteiger partial charge in [-0.15, -0.1) is 24.0 Å². The Morgan fingerprint density at radius 2 is 2.15 bits per heavy atom. The summed E-state index contributed by atoms with van der Waals surface area (Å²) in [5, 5.41) is 12.2. The number of sulfonamides is 1. The van der Waals surface area contributed by atoms with E-state index in [1.165, 1.54) is 6.42 Å². The van der Waals surface area contributed by atoms with E-state index in [1.807, 2.05) is 18.7 Å². The molecule has 0 aromatic carbocycles. The highest BCUT2D eigenvalue weighted by Gasteiger charge is 2.24. The Hall–Kier alpha value is 0.260. The van der Waals surface area contributed by atoms with Gasteiger partial charge in [-0.1, -0.05) is 0 Å². The zero-order chi connectivity index (χ0) is 14.3. The molecule has 20 heavy (non-hydrogen) atoms. The van der Waals surface area contributed by atoms with E-state index in [4.69, 9.17) is 5.14 Å². The van der Waals surface area contributed by atoms with Crippen LogP contribution in [0.4, 0.5) is 0 Å². The van der Waals surface area contributed by atoms with Gasteiger partial charge in [-0.25, -0.2) is 13.6 Å². The summed E-state index contributed by atoms with van der Waals surface area (Å²) in [6.45, 7) is 2.92. The van der Waals surface area contributed by atoms with Crippen molar-refractivity contribution in [2.24, 2.45) is 10.1 Å². The Morgan fingerprint density at radius 3 is 2.65 bits per heavy atom. The van der Waals surface area contributed by atoms with Crippen LogP contribution < -0.4 is 15.8 Å². The molecule has 1 aliphatic rings. The van der Waals surface area contributed by atoms with E-state index < -0.39 is 10.0 Å². The van der Waals surface area contributed by atoms with Crippen molar-refractivity contribution in [3.05, 3.63) is 0 Å². The first-order chi connectivity index (χ1) is 8.94. The van der Waals surface area contributed by atoms with E-state index in [1.54, 1.807) is 0 Å². The number of rotatable bonds is 6. The minimum atomic E-state index is -3.44. The van der Waals surface area contributed by atoms with Crippen LogP contribution in [-0.2, 0) is 10.0 Å². The second-order valence-corrected chi connectivity index (χ2v) is 7.51. The molecule has 0 bridgehead atoms. The van der Waals surface area contributed by atoms with Gasteiger partial charge in [-0.3, -0.25) is 4.99 Å². The first-order valence-electron chi connectivity index (χ1n) is 6.52. The van der Waals surface area contributed by atoms with Gasteiger partial charge in [0.25, 0.3) is 0 Å². The lowest BCUT2D eigenvalue weighted by molar-refractivity contribution is 0.597. The molecule has 2 unspecified atom stereocenters. The van der Waals surface area contributed by atoms with Gasteiger partial charge in [0.05, 0.1) is 12.3 Å². The Bertz CT molecular complexity index is 403. The molecule has 1 aliphatic carbocycles. The lowest BCUT2D eigenvalue weighted by atomic mass is 10.2. The number of halogens is 1. The third-order valence-electron chi connectivity index (χ3n) is 3.05. The summed E-state index contributed by atoms with van der Waals surface area (Å²) in [6, 6.07) is 0.421. The van der Waals surface area contributed by atoms with Crippen LogP contribution in [0.3, 0.4) is 0 Å². The molecular weight excluding hydrogens is 411 g/mol. The number of nitrogens with one attached hydrogen (secondary N) is 2. The molecular formula is C11H25IN4O2S2. The Balaban J connectivity index is 0.00000361. The molecule has 0 aromatic rings. The highest BCUT2D eigenvalue weighted by atomic mass is 127. The van der Waals surface area contributed by atoms with E-state index in [2.05, 4.69) is 21.9 Å². The first-order valence-corrected chi connectivity index (χ1v) is 9.53. The first kappa shape index (κ1) is 20.3. The summed E-state index contributed by atoms with van der Waals surface area (Å²) in [6.07, 6.45) is 5.61. The van der Waals surface area contributed by atoms with Crippen LogP contribution in [0.25, 0.3) is 0 Å². The van der Waals surface area contributed by atoms with Crippen molar-refractivity contribution in [3.8, 4) is 0 Å². The third-order valence-corrected chi connectivity index (χ3v) is 4.90. The van der Waals surface area contributed by atoms with E-state index in [0.29, 0.717) is 17.3 Å². The molecule has 120 valence electrons. The van der Waals surface area contributed by atoms with E-state index in [9.17, 15) is 8.42 Å². The number of thioether (sulfide) groups is 1. The molecule has 2 atom stereocenters. The molecule has 0 aromatic heterocycles. The Labute approximate surface area is 143 Å². The summed E-state index contributed by atoms with van der Waals surface area (Å²) in [5.41, 5.74) is 0. The fourth-order valence-electron chi connectivity index (χ4n) is 2.08. The van der Waals surface area contributed by atoms with Crippen molar-refractivity contribution in [2.45, 2.75) is 37.5 Å². The van der Waals surface area contributed by atoms with Crippen molar-refractivity contribution in [3.63, 3.8) is 0 Å². The predicted octanol–water partition coefficient (Wildman–Crippen LogP) is 0.732. The van der Waals surface area contributed by atoms with Gasteiger partial charge in [0.1, 0.15) is 0 Å². The molecule has 0 radical (unpaired) electrons. The summed E-state index contributed by atoms with van der Waals surface area (Å²) in [5.74, 6) is 0.555. The Kier molecular flexibility index (Phi) is 10.2. The topological polar surface area (TPSA) is 96.6 Å². The highest BCUT2D eigenvalue weighted by Crippen LogP contribution is 2.27. The fraction of sp³-hybridized carbons (Fsp3) is 0.909. The molecule has 0 saturated heterocycles. The van der Waals surface area contributed by atoms with Gasteiger partial charge in [0.15, 0.2) is 5.96 Å². The molecule has 1 saturated carbocycles. The predicted molar refractivity (Wildman–Crippen MR) is 97.4 cm³/mol. The molecule has 4 N–H and O–H groups in total. The molecule has 1 rings (SSSR count). The van der Waals surface area contributed by atoms with Crippen molar-refractivity contribution in [1.82, 2.24) is 10.6 Å². The number of nitrogens with zero attached hydrogens (tertiary/aromatic N) is 1. The molecule has 9 heteroatoms. The SMILES string of the molecule is CCNC(=NCCS(N)(=O)=O)NC1CCC(SC)C1.I.